The van der Waals surface area contributed by atoms with Crippen LogP contribution in [0, 0.1) is 5.82 Å². The van der Waals surface area contributed by atoms with Gasteiger partial charge in [0.1, 0.15) is 5.82 Å². The second-order valence-corrected chi connectivity index (χ2v) is 5.37. The van der Waals surface area contributed by atoms with Crippen LogP contribution < -0.4 is 5.32 Å². The zero-order chi connectivity index (χ0) is 15.5. The number of benzene rings is 2. The fourth-order valence-electron chi connectivity index (χ4n) is 1.88. The second kappa shape index (κ2) is 6.11. The molecule has 0 saturated heterocycles. The first-order chi connectivity index (χ1) is 10.6. The van der Waals surface area contributed by atoms with Crippen LogP contribution in [0.1, 0.15) is 10.5 Å². The lowest BCUT2D eigenvalue weighted by molar-refractivity contribution is 0.101. The van der Waals surface area contributed by atoms with Gasteiger partial charge in [0.15, 0.2) is 11.5 Å². The molecule has 0 aliphatic rings. The average molecular weight is 361 g/mol. The van der Waals surface area contributed by atoms with Crippen LogP contribution in [-0.2, 0) is 0 Å². The fourth-order valence-corrected chi connectivity index (χ4v) is 2.27. The molecule has 22 heavy (non-hydrogen) atoms. The number of carbonyl (C=O) groups is 1. The molecule has 2 aromatic carbocycles. The van der Waals surface area contributed by atoms with Gasteiger partial charge in [0, 0.05) is 16.1 Å². The molecule has 1 amide bonds. The normalized spacial score (nSPS) is 10.5. The van der Waals surface area contributed by atoms with Gasteiger partial charge in [-0.2, -0.15) is 0 Å². The van der Waals surface area contributed by atoms with Crippen LogP contribution in [0.25, 0.3) is 11.3 Å². The monoisotopic (exact) mass is 360 g/mol. The number of amides is 1. The highest BCUT2D eigenvalue weighted by Crippen LogP contribution is 2.23. The first-order valence-corrected chi connectivity index (χ1v) is 7.21. The number of rotatable bonds is 3. The second-order valence-electron chi connectivity index (χ2n) is 4.52. The van der Waals surface area contributed by atoms with Crippen molar-refractivity contribution in [2.45, 2.75) is 0 Å². The van der Waals surface area contributed by atoms with Crippen LogP contribution >= 0.6 is 15.9 Å². The van der Waals surface area contributed by atoms with Gasteiger partial charge in [0.05, 0.1) is 5.69 Å². The van der Waals surface area contributed by atoms with Gasteiger partial charge in [-0.1, -0.05) is 17.3 Å². The van der Waals surface area contributed by atoms with Crippen molar-refractivity contribution < 1.29 is 13.7 Å². The highest BCUT2D eigenvalue weighted by Gasteiger charge is 2.14. The predicted octanol–water partition coefficient (Wildman–Crippen LogP) is 4.50. The van der Waals surface area contributed by atoms with E-state index in [1.807, 2.05) is 18.2 Å². The maximum atomic E-state index is 12.9. The Morgan fingerprint density at radius 2 is 1.86 bits per heavy atom. The van der Waals surface area contributed by atoms with Crippen molar-refractivity contribution in [1.29, 1.82) is 0 Å². The van der Waals surface area contributed by atoms with Crippen molar-refractivity contribution in [2.75, 3.05) is 5.32 Å². The van der Waals surface area contributed by atoms with Gasteiger partial charge < -0.3 is 9.84 Å². The average Bonchev–Trinajstić information content (AvgIpc) is 3.00. The lowest BCUT2D eigenvalue weighted by atomic mass is 10.1. The van der Waals surface area contributed by atoms with Gasteiger partial charge in [0.2, 0.25) is 0 Å². The molecule has 4 nitrogen and oxygen atoms in total. The topological polar surface area (TPSA) is 55.1 Å². The summed E-state index contributed by atoms with van der Waals surface area (Å²) in [5.41, 5.74) is 1.43. The third kappa shape index (κ3) is 3.07. The van der Waals surface area contributed by atoms with Gasteiger partial charge in [-0.05, 0) is 52.3 Å². The number of anilines is 1. The molecule has 0 radical (unpaired) electrons. The van der Waals surface area contributed by atoms with Crippen molar-refractivity contribution in [3.8, 4) is 11.3 Å². The molecule has 1 N–H and O–H groups in total. The Bertz CT molecular complexity index is 815. The Hall–Kier alpha value is -2.47. The summed E-state index contributed by atoms with van der Waals surface area (Å²) < 4.78 is 18.8. The standard InChI is InChI=1S/C16H10BrFN2O2/c17-12-3-1-2-4-13(12)19-16(21)14-9-15(22-20-14)10-5-7-11(18)8-6-10/h1-9H,(H,19,21). The molecular formula is C16H10BrFN2O2. The minimum Gasteiger partial charge on any atom is -0.355 e. The molecular weight excluding hydrogens is 351 g/mol. The smallest absolute Gasteiger partial charge is 0.277 e. The molecule has 0 bridgehead atoms. The third-order valence-electron chi connectivity index (χ3n) is 2.99. The van der Waals surface area contributed by atoms with Crippen molar-refractivity contribution in [2.24, 2.45) is 0 Å². The molecule has 0 aliphatic carbocycles. The largest absolute Gasteiger partial charge is 0.355 e. The van der Waals surface area contributed by atoms with E-state index in [9.17, 15) is 9.18 Å². The molecule has 0 aliphatic heterocycles. The molecule has 0 atom stereocenters. The van der Waals surface area contributed by atoms with E-state index in [2.05, 4.69) is 26.4 Å². The van der Waals surface area contributed by atoms with Crippen molar-refractivity contribution in [3.63, 3.8) is 0 Å². The van der Waals surface area contributed by atoms with Crippen molar-refractivity contribution >= 4 is 27.5 Å². The zero-order valence-corrected chi connectivity index (χ0v) is 12.8. The summed E-state index contributed by atoms with van der Waals surface area (Å²) in [7, 11) is 0. The van der Waals surface area contributed by atoms with Crippen LogP contribution in [0.2, 0.25) is 0 Å². The van der Waals surface area contributed by atoms with Crippen LogP contribution in [0.3, 0.4) is 0 Å². The molecule has 3 aromatic rings. The fraction of sp³-hybridized carbons (Fsp3) is 0. The lowest BCUT2D eigenvalue weighted by Gasteiger charge is -2.04. The Kier molecular flexibility index (Phi) is 4.02. The summed E-state index contributed by atoms with van der Waals surface area (Å²) in [5, 5.41) is 6.48. The van der Waals surface area contributed by atoms with Crippen LogP contribution in [0.5, 0.6) is 0 Å². The lowest BCUT2D eigenvalue weighted by Crippen LogP contribution is -2.12. The summed E-state index contributed by atoms with van der Waals surface area (Å²) >= 11 is 3.35. The van der Waals surface area contributed by atoms with Crippen molar-refractivity contribution in [1.82, 2.24) is 5.16 Å². The van der Waals surface area contributed by atoms with E-state index < -0.39 is 0 Å². The quantitative estimate of drug-likeness (QED) is 0.748. The summed E-state index contributed by atoms with van der Waals surface area (Å²) in [6.45, 7) is 0. The number of para-hydroxylation sites is 1. The predicted molar refractivity (Wildman–Crippen MR) is 84.0 cm³/mol. The number of carbonyl (C=O) groups excluding carboxylic acids is 1. The third-order valence-corrected chi connectivity index (χ3v) is 3.69. The number of aromatic nitrogens is 1. The minimum absolute atomic E-state index is 0.148. The first kappa shape index (κ1) is 14.5. The Morgan fingerprint density at radius 3 is 2.59 bits per heavy atom. The van der Waals surface area contributed by atoms with Gasteiger partial charge in [0.25, 0.3) is 5.91 Å². The maximum Gasteiger partial charge on any atom is 0.277 e. The van der Waals surface area contributed by atoms with Gasteiger partial charge >= 0.3 is 0 Å². The van der Waals surface area contributed by atoms with E-state index in [1.54, 1.807) is 18.2 Å². The number of nitrogens with zero attached hydrogens (tertiary/aromatic N) is 1. The maximum absolute atomic E-state index is 12.9. The number of hydrogen-bond donors (Lipinski definition) is 1. The van der Waals surface area contributed by atoms with E-state index in [-0.39, 0.29) is 17.4 Å². The van der Waals surface area contributed by atoms with Crippen LogP contribution in [0.15, 0.2) is 63.6 Å². The molecule has 0 fully saturated rings. The number of hydrogen-bond acceptors (Lipinski definition) is 3. The SMILES string of the molecule is O=C(Nc1ccccc1Br)c1cc(-c2ccc(F)cc2)on1. The highest BCUT2D eigenvalue weighted by molar-refractivity contribution is 9.10. The highest BCUT2D eigenvalue weighted by atomic mass is 79.9. The molecule has 0 spiro atoms. The van der Waals surface area contributed by atoms with Crippen molar-refractivity contribution in [3.05, 3.63) is 70.6 Å². The van der Waals surface area contributed by atoms with E-state index in [1.165, 1.54) is 18.2 Å². The van der Waals surface area contributed by atoms with E-state index in [0.717, 1.165) is 4.47 Å². The number of nitrogens with one attached hydrogen (secondary N) is 1. The van der Waals surface area contributed by atoms with Crippen LogP contribution in [0.4, 0.5) is 10.1 Å². The molecule has 1 heterocycles. The molecule has 6 heteroatoms. The van der Waals surface area contributed by atoms with Crippen LogP contribution in [-0.4, -0.2) is 11.1 Å². The minimum atomic E-state index is -0.385. The molecule has 0 saturated carbocycles. The summed E-state index contributed by atoms with van der Waals surface area (Å²) in [4.78, 5) is 12.2. The molecule has 3 rings (SSSR count). The van der Waals surface area contributed by atoms with Gasteiger partial charge in [-0.15, -0.1) is 0 Å². The summed E-state index contributed by atoms with van der Waals surface area (Å²) in [5.74, 6) is -0.323. The molecule has 1 aromatic heterocycles. The molecule has 110 valence electrons. The van der Waals surface area contributed by atoms with E-state index in [0.29, 0.717) is 17.0 Å². The van der Waals surface area contributed by atoms with Gasteiger partial charge in [-0.25, -0.2) is 4.39 Å². The first-order valence-electron chi connectivity index (χ1n) is 6.42. The summed E-state index contributed by atoms with van der Waals surface area (Å²) in [6, 6.07) is 14.5. The zero-order valence-electron chi connectivity index (χ0n) is 11.2. The molecule has 0 unspecified atom stereocenters. The van der Waals surface area contributed by atoms with Gasteiger partial charge in [-0.3, -0.25) is 4.79 Å². The van der Waals surface area contributed by atoms with E-state index >= 15 is 0 Å². The Labute approximate surface area is 134 Å². The number of halogens is 2. The Balaban J connectivity index is 1.80. The Morgan fingerprint density at radius 1 is 1.14 bits per heavy atom. The summed E-state index contributed by atoms with van der Waals surface area (Å²) in [6.07, 6.45) is 0. The van der Waals surface area contributed by atoms with E-state index in [4.69, 9.17) is 4.52 Å².